The summed E-state index contributed by atoms with van der Waals surface area (Å²) in [6.07, 6.45) is -3.46. The molecule has 1 unspecified atom stereocenters. The maximum atomic E-state index is 12.6. The Kier molecular flexibility index (Phi) is 4.39. The lowest BCUT2D eigenvalue weighted by molar-refractivity contribution is -0.141. The summed E-state index contributed by atoms with van der Waals surface area (Å²) in [6.45, 7) is 2.22. The fraction of sp³-hybridized carbons (Fsp3) is 0.545. The number of nitrogen functional groups attached to an aromatic ring is 1. The van der Waals surface area contributed by atoms with Crippen LogP contribution in [0.1, 0.15) is 12.6 Å². The molecule has 0 saturated heterocycles. The van der Waals surface area contributed by atoms with E-state index in [1.54, 1.807) is 11.9 Å². The molecule has 0 aliphatic heterocycles. The van der Waals surface area contributed by atoms with Gasteiger partial charge in [0.2, 0.25) is 0 Å². The molecule has 1 heterocycles. The molecule has 0 aliphatic rings. The van der Waals surface area contributed by atoms with Crippen molar-refractivity contribution < 1.29 is 17.9 Å². The number of pyridine rings is 1. The minimum atomic E-state index is -4.48. The van der Waals surface area contributed by atoms with E-state index in [4.69, 9.17) is 10.5 Å². The van der Waals surface area contributed by atoms with E-state index in [1.807, 2.05) is 6.92 Å². The molecule has 0 bridgehead atoms. The first kappa shape index (κ1) is 14.6. The summed E-state index contributed by atoms with van der Waals surface area (Å²) in [5.41, 5.74) is 5.20. The maximum Gasteiger partial charge on any atom is 0.433 e. The largest absolute Gasteiger partial charge is 0.433 e. The highest BCUT2D eigenvalue weighted by Gasteiger charge is 2.33. The van der Waals surface area contributed by atoms with E-state index in [9.17, 15) is 13.2 Å². The lowest BCUT2D eigenvalue weighted by Crippen LogP contribution is -2.33. The van der Waals surface area contributed by atoms with Gasteiger partial charge in [0.15, 0.2) is 0 Å². The van der Waals surface area contributed by atoms with Gasteiger partial charge < -0.3 is 15.4 Å². The Balaban J connectivity index is 3.08. The number of nitrogens with two attached hydrogens (primary N) is 1. The summed E-state index contributed by atoms with van der Waals surface area (Å²) in [6, 6.07) is 0.849. The number of likely N-dealkylation sites (N-methyl/N-ethyl adjacent to an activating group) is 1. The second-order valence-electron chi connectivity index (χ2n) is 4.04. The van der Waals surface area contributed by atoms with Crippen molar-refractivity contribution in [2.45, 2.75) is 19.1 Å². The number of ether oxygens (including phenoxy) is 1. The number of hydrogen-bond acceptors (Lipinski definition) is 4. The standard InChI is InChI=1S/C11H16F3N3O/c1-7(6-18-3)17(2)9-4-10(11(12,13)14)16-5-8(9)15/h4-5,7H,6,15H2,1-3H3. The normalized spacial score (nSPS) is 13.4. The summed E-state index contributed by atoms with van der Waals surface area (Å²) in [7, 11) is 3.19. The Morgan fingerprint density at radius 1 is 1.50 bits per heavy atom. The maximum absolute atomic E-state index is 12.6. The van der Waals surface area contributed by atoms with E-state index < -0.39 is 11.9 Å². The molecule has 0 aromatic carbocycles. The summed E-state index contributed by atoms with van der Waals surface area (Å²) in [5, 5.41) is 0. The van der Waals surface area contributed by atoms with E-state index in [-0.39, 0.29) is 11.7 Å². The average Bonchev–Trinajstić information content (AvgIpc) is 2.27. The van der Waals surface area contributed by atoms with Crippen LogP contribution in [0.4, 0.5) is 24.5 Å². The molecule has 0 aliphatic carbocycles. The minimum Gasteiger partial charge on any atom is -0.396 e. The third-order valence-electron chi connectivity index (χ3n) is 2.65. The number of methoxy groups -OCH3 is 1. The number of nitrogens with zero attached hydrogens (tertiary/aromatic N) is 2. The predicted octanol–water partition coefficient (Wildman–Crippen LogP) is 2.15. The first-order valence-corrected chi connectivity index (χ1v) is 5.31. The monoisotopic (exact) mass is 263 g/mol. The number of rotatable bonds is 4. The highest BCUT2D eigenvalue weighted by atomic mass is 19.4. The molecule has 1 aromatic heterocycles. The van der Waals surface area contributed by atoms with Crippen LogP contribution >= 0.6 is 0 Å². The highest BCUT2D eigenvalue weighted by Crippen LogP contribution is 2.32. The second kappa shape index (κ2) is 5.43. The molecule has 2 N–H and O–H groups in total. The molecule has 0 spiro atoms. The van der Waals surface area contributed by atoms with Gasteiger partial charge in [-0.25, -0.2) is 4.98 Å². The quantitative estimate of drug-likeness (QED) is 0.904. The fourth-order valence-electron chi connectivity index (χ4n) is 1.51. The zero-order chi connectivity index (χ0) is 13.9. The zero-order valence-electron chi connectivity index (χ0n) is 10.5. The van der Waals surface area contributed by atoms with Crippen molar-refractivity contribution in [2.75, 3.05) is 31.4 Å². The van der Waals surface area contributed by atoms with Gasteiger partial charge >= 0.3 is 6.18 Å². The van der Waals surface area contributed by atoms with Gasteiger partial charge in [-0.15, -0.1) is 0 Å². The predicted molar refractivity (Wildman–Crippen MR) is 63.4 cm³/mol. The van der Waals surface area contributed by atoms with Crippen LogP contribution in [0.25, 0.3) is 0 Å². The molecule has 0 saturated carbocycles. The number of aromatic nitrogens is 1. The Bertz CT molecular complexity index is 409. The Hall–Kier alpha value is -1.50. The molecule has 18 heavy (non-hydrogen) atoms. The van der Waals surface area contributed by atoms with Gasteiger partial charge in [-0.1, -0.05) is 0 Å². The van der Waals surface area contributed by atoms with Crippen LogP contribution in [0.15, 0.2) is 12.3 Å². The number of anilines is 2. The molecule has 4 nitrogen and oxygen atoms in total. The van der Waals surface area contributed by atoms with Gasteiger partial charge in [0.25, 0.3) is 0 Å². The van der Waals surface area contributed by atoms with Crippen LogP contribution in [-0.2, 0) is 10.9 Å². The van der Waals surface area contributed by atoms with Gasteiger partial charge in [-0.2, -0.15) is 13.2 Å². The Morgan fingerprint density at radius 2 is 2.11 bits per heavy atom. The topological polar surface area (TPSA) is 51.4 Å². The summed E-state index contributed by atoms with van der Waals surface area (Å²) >= 11 is 0. The van der Waals surface area contributed by atoms with E-state index in [2.05, 4.69) is 4.98 Å². The molecule has 7 heteroatoms. The van der Waals surface area contributed by atoms with Gasteiger partial charge in [-0.3, -0.25) is 0 Å². The van der Waals surface area contributed by atoms with Gasteiger partial charge in [0, 0.05) is 20.2 Å². The van der Waals surface area contributed by atoms with Crippen molar-refractivity contribution in [3.8, 4) is 0 Å². The van der Waals surface area contributed by atoms with Gasteiger partial charge in [0.1, 0.15) is 5.69 Å². The first-order valence-electron chi connectivity index (χ1n) is 5.31. The van der Waals surface area contributed by atoms with Crippen molar-refractivity contribution in [3.05, 3.63) is 18.0 Å². The molecular formula is C11H16F3N3O. The second-order valence-corrected chi connectivity index (χ2v) is 4.04. The van der Waals surface area contributed by atoms with Crippen LogP contribution in [0, 0.1) is 0 Å². The molecule has 0 amide bonds. The summed E-state index contributed by atoms with van der Waals surface area (Å²) in [5.74, 6) is 0. The van der Waals surface area contributed by atoms with Crippen LogP contribution in [-0.4, -0.2) is 31.8 Å². The zero-order valence-corrected chi connectivity index (χ0v) is 10.5. The summed E-state index contributed by atoms with van der Waals surface area (Å²) < 4.78 is 42.7. The Labute approximate surface area is 104 Å². The van der Waals surface area contributed by atoms with Crippen LogP contribution in [0.2, 0.25) is 0 Å². The SMILES string of the molecule is COCC(C)N(C)c1cc(C(F)(F)F)ncc1N. The third kappa shape index (κ3) is 3.25. The first-order chi connectivity index (χ1) is 8.27. The smallest absolute Gasteiger partial charge is 0.396 e. The molecule has 102 valence electrons. The lowest BCUT2D eigenvalue weighted by Gasteiger charge is -2.28. The molecule has 0 radical (unpaired) electrons. The van der Waals surface area contributed by atoms with Crippen molar-refractivity contribution in [2.24, 2.45) is 0 Å². The third-order valence-corrected chi connectivity index (χ3v) is 2.65. The van der Waals surface area contributed by atoms with Gasteiger partial charge in [-0.05, 0) is 13.0 Å². The molecule has 1 rings (SSSR count). The van der Waals surface area contributed by atoms with Crippen molar-refractivity contribution >= 4 is 11.4 Å². The van der Waals surface area contributed by atoms with Crippen molar-refractivity contribution in [1.29, 1.82) is 0 Å². The Morgan fingerprint density at radius 3 is 2.61 bits per heavy atom. The van der Waals surface area contributed by atoms with E-state index in [0.717, 1.165) is 12.3 Å². The van der Waals surface area contributed by atoms with Crippen LogP contribution in [0.3, 0.4) is 0 Å². The molecule has 0 fully saturated rings. The van der Waals surface area contributed by atoms with E-state index >= 15 is 0 Å². The van der Waals surface area contributed by atoms with Crippen LogP contribution < -0.4 is 10.6 Å². The van der Waals surface area contributed by atoms with E-state index in [1.165, 1.54) is 7.11 Å². The van der Waals surface area contributed by atoms with Crippen molar-refractivity contribution in [3.63, 3.8) is 0 Å². The van der Waals surface area contributed by atoms with Crippen LogP contribution in [0.5, 0.6) is 0 Å². The molecule has 1 atom stereocenters. The molecular weight excluding hydrogens is 247 g/mol. The van der Waals surface area contributed by atoms with Gasteiger partial charge in [0.05, 0.1) is 24.2 Å². The number of halogens is 3. The summed E-state index contributed by atoms with van der Waals surface area (Å²) in [4.78, 5) is 4.92. The fourth-order valence-corrected chi connectivity index (χ4v) is 1.51. The minimum absolute atomic E-state index is 0.0965. The van der Waals surface area contributed by atoms with Crippen molar-refractivity contribution in [1.82, 2.24) is 4.98 Å². The lowest BCUT2D eigenvalue weighted by atomic mass is 10.2. The molecule has 1 aromatic rings. The number of hydrogen-bond donors (Lipinski definition) is 1. The highest BCUT2D eigenvalue weighted by molar-refractivity contribution is 5.67. The number of alkyl halides is 3. The van der Waals surface area contributed by atoms with E-state index in [0.29, 0.717) is 12.3 Å². The average molecular weight is 263 g/mol.